The van der Waals surface area contributed by atoms with Gasteiger partial charge in [-0.25, -0.2) is 0 Å². The smallest absolute Gasteiger partial charge is 0.255 e. The van der Waals surface area contributed by atoms with Gasteiger partial charge >= 0.3 is 0 Å². The van der Waals surface area contributed by atoms with Crippen LogP contribution in [0.1, 0.15) is 30.1 Å². The van der Waals surface area contributed by atoms with Crippen molar-refractivity contribution in [2.75, 3.05) is 37.0 Å². The van der Waals surface area contributed by atoms with Crippen molar-refractivity contribution in [2.24, 2.45) is 5.92 Å². The molecule has 148 valence electrons. The first-order chi connectivity index (χ1) is 13.6. The van der Waals surface area contributed by atoms with E-state index in [0.29, 0.717) is 23.7 Å². The second kappa shape index (κ2) is 9.31. The number of carbonyl (C=O) groups is 1. The van der Waals surface area contributed by atoms with Crippen LogP contribution in [0.3, 0.4) is 0 Å². The fourth-order valence-electron chi connectivity index (χ4n) is 3.30. The summed E-state index contributed by atoms with van der Waals surface area (Å²) in [7, 11) is 1.55. The lowest BCUT2D eigenvalue weighted by molar-refractivity contribution is 0.102. The molecule has 1 saturated heterocycles. The van der Waals surface area contributed by atoms with Crippen LogP contribution < -0.4 is 19.7 Å². The van der Waals surface area contributed by atoms with Gasteiger partial charge in [-0.3, -0.25) is 4.79 Å². The molecule has 1 N–H and O–H groups in total. The molecule has 0 aromatic heterocycles. The van der Waals surface area contributed by atoms with Crippen LogP contribution in [0.4, 0.5) is 11.4 Å². The lowest BCUT2D eigenvalue weighted by Crippen LogP contribution is -2.32. The van der Waals surface area contributed by atoms with E-state index in [-0.39, 0.29) is 5.91 Å². The van der Waals surface area contributed by atoms with Gasteiger partial charge in [-0.15, -0.1) is 0 Å². The largest absolute Gasteiger partial charge is 0.493 e. The van der Waals surface area contributed by atoms with Gasteiger partial charge in [0, 0.05) is 30.0 Å². The van der Waals surface area contributed by atoms with E-state index in [1.54, 1.807) is 31.4 Å². The molecule has 0 radical (unpaired) electrons. The van der Waals surface area contributed by atoms with Crippen LogP contribution >= 0.6 is 0 Å². The Morgan fingerprint density at radius 1 is 1.18 bits per heavy atom. The third-order valence-electron chi connectivity index (χ3n) is 5.06. The molecule has 0 saturated carbocycles. The van der Waals surface area contributed by atoms with Gasteiger partial charge in [0.25, 0.3) is 5.91 Å². The van der Waals surface area contributed by atoms with E-state index in [1.807, 2.05) is 12.1 Å². The molecule has 1 heterocycles. The highest BCUT2D eigenvalue weighted by Crippen LogP contribution is 2.29. The number of carbonyl (C=O) groups excluding carboxylic acids is 1. The summed E-state index contributed by atoms with van der Waals surface area (Å²) in [5, 5.41) is 2.94. The summed E-state index contributed by atoms with van der Waals surface area (Å²) in [5.74, 6) is 1.72. The Labute approximate surface area is 167 Å². The summed E-state index contributed by atoms with van der Waals surface area (Å²) < 4.78 is 10.9. The number of hydrogen-bond donors (Lipinski definition) is 1. The number of benzene rings is 2. The normalized spacial score (nSPS) is 14.4. The van der Waals surface area contributed by atoms with Crippen LogP contribution in [0.25, 0.3) is 0 Å². The molecular weight excluding hydrogens is 352 g/mol. The van der Waals surface area contributed by atoms with E-state index in [9.17, 15) is 4.79 Å². The maximum atomic E-state index is 12.6. The van der Waals surface area contributed by atoms with Crippen molar-refractivity contribution in [3.05, 3.63) is 60.7 Å². The molecule has 28 heavy (non-hydrogen) atoms. The highest BCUT2D eigenvalue weighted by Gasteiger charge is 2.16. The number of methoxy groups -OCH3 is 1. The fourth-order valence-corrected chi connectivity index (χ4v) is 3.30. The van der Waals surface area contributed by atoms with Crippen molar-refractivity contribution in [3.63, 3.8) is 0 Å². The first-order valence-corrected chi connectivity index (χ1v) is 9.69. The summed E-state index contributed by atoms with van der Waals surface area (Å²) in [4.78, 5) is 15.0. The van der Waals surface area contributed by atoms with Crippen LogP contribution in [0, 0.1) is 5.92 Å². The molecule has 3 rings (SSSR count). The molecule has 1 amide bonds. The Bertz CT molecular complexity index is 809. The Morgan fingerprint density at radius 3 is 2.54 bits per heavy atom. The van der Waals surface area contributed by atoms with E-state index in [0.717, 1.165) is 24.7 Å². The second-order valence-electron chi connectivity index (χ2n) is 7.14. The summed E-state index contributed by atoms with van der Waals surface area (Å²) in [6.45, 7) is 8.50. The highest BCUT2D eigenvalue weighted by molar-refractivity contribution is 6.04. The summed E-state index contributed by atoms with van der Waals surface area (Å²) in [6.07, 6.45) is 4.12. The zero-order valence-electron chi connectivity index (χ0n) is 16.6. The highest BCUT2D eigenvalue weighted by atomic mass is 16.5. The fraction of sp³-hybridized carbons (Fsp3) is 0.348. The maximum Gasteiger partial charge on any atom is 0.255 e. The van der Waals surface area contributed by atoms with Crippen molar-refractivity contribution in [1.82, 2.24) is 0 Å². The number of amides is 1. The molecule has 0 atom stereocenters. The van der Waals surface area contributed by atoms with Crippen LogP contribution in [0.15, 0.2) is 55.1 Å². The predicted octanol–water partition coefficient (Wildman–Crippen LogP) is 4.75. The summed E-state index contributed by atoms with van der Waals surface area (Å²) in [6, 6.07) is 13.2. The molecule has 1 aliphatic heterocycles. The Kier molecular flexibility index (Phi) is 6.58. The average molecular weight is 380 g/mol. The molecule has 1 aliphatic rings. The Morgan fingerprint density at radius 2 is 1.89 bits per heavy atom. The number of nitrogens with one attached hydrogen (secondary N) is 1. The van der Waals surface area contributed by atoms with Gasteiger partial charge in [0.15, 0.2) is 11.5 Å². The first kappa shape index (κ1) is 19.8. The molecule has 2 aromatic rings. The van der Waals surface area contributed by atoms with Gasteiger partial charge in [0.2, 0.25) is 0 Å². The topological polar surface area (TPSA) is 50.8 Å². The minimum absolute atomic E-state index is 0.187. The number of nitrogens with zero attached hydrogens (tertiary/aromatic N) is 1. The van der Waals surface area contributed by atoms with Crippen LogP contribution in [-0.2, 0) is 0 Å². The van der Waals surface area contributed by atoms with Crippen molar-refractivity contribution in [2.45, 2.75) is 19.8 Å². The minimum Gasteiger partial charge on any atom is -0.493 e. The number of anilines is 2. The molecule has 5 heteroatoms. The van der Waals surface area contributed by atoms with Gasteiger partial charge in [-0.2, -0.15) is 0 Å². The lowest BCUT2D eigenvalue weighted by Gasteiger charge is -2.32. The van der Waals surface area contributed by atoms with E-state index in [4.69, 9.17) is 9.47 Å². The third-order valence-corrected chi connectivity index (χ3v) is 5.06. The van der Waals surface area contributed by atoms with Crippen molar-refractivity contribution >= 4 is 17.3 Å². The lowest BCUT2D eigenvalue weighted by atomic mass is 9.99. The molecule has 0 spiro atoms. The van der Waals surface area contributed by atoms with Crippen LogP contribution in [-0.4, -0.2) is 32.7 Å². The summed E-state index contributed by atoms with van der Waals surface area (Å²) >= 11 is 0. The van der Waals surface area contributed by atoms with Crippen LogP contribution in [0.5, 0.6) is 11.5 Å². The van der Waals surface area contributed by atoms with Crippen molar-refractivity contribution < 1.29 is 14.3 Å². The number of ether oxygens (including phenoxy) is 2. The Hall–Kier alpha value is -2.95. The first-order valence-electron chi connectivity index (χ1n) is 9.69. The molecule has 0 aliphatic carbocycles. The Balaban J connectivity index is 1.65. The van der Waals surface area contributed by atoms with Gasteiger partial charge in [-0.1, -0.05) is 19.6 Å². The van der Waals surface area contributed by atoms with Gasteiger partial charge in [-0.05, 0) is 61.2 Å². The molecule has 0 unspecified atom stereocenters. The van der Waals surface area contributed by atoms with E-state index in [1.165, 1.54) is 18.5 Å². The minimum atomic E-state index is -0.187. The van der Waals surface area contributed by atoms with Gasteiger partial charge in [0.05, 0.1) is 7.11 Å². The van der Waals surface area contributed by atoms with Gasteiger partial charge in [0.1, 0.15) is 6.61 Å². The van der Waals surface area contributed by atoms with E-state index >= 15 is 0 Å². The summed E-state index contributed by atoms with van der Waals surface area (Å²) in [5.41, 5.74) is 2.48. The SMILES string of the molecule is C=CCOc1ccc(C(=O)Nc2ccc(N3CCC(C)CC3)cc2)cc1OC. The van der Waals surface area contributed by atoms with Crippen LogP contribution in [0.2, 0.25) is 0 Å². The zero-order valence-corrected chi connectivity index (χ0v) is 16.6. The number of hydrogen-bond acceptors (Lipinski definition) is 4. The average Bonchev–Trinajstić information content (AvgIpc) is 2.73. The van der Waals surface area contributed by atoms with E-state index in [2.05, 4.69) is 35.9 Å². The molecular formula is C23H28N2O3. The monoisotopic (exact) mass is 380 g/mol. The molecule has 5 nitrogen and oxygen atoms in total. The predicted molar refractivity (Wildman–Crippen MR) is 114 cm³/mol. The second-order valence-corrected chi connectivity index (χ2v) is 7.14. The van der Waals surface area contributed by atoms with E-state index < -0.39 is 0 Å². The zero-order chi connectivity index (χ0) is 19.9. The number of piperidine rings is 1. The quantitative estimate of drug-likeness (QED) is 0.705. The molecule has 0 bridgehead atoms. The standard InChI is InChI=1S/C23H28N2O3/c1-4-15-28-21-10-5-18(16-22(21)27-3)23(26)24-19-6-8-20(9-7-19)25-13-11-17(2)12-14-25/h4-10,16-17H,1,11-15H2,2-3H3,(H,24,26). The number of rotatable bonds is 7. The maximum absolute atomic E-state index is 12.6. The van der Waals surface area contributed by atoms with Crippen molar-refractivity contribution in [1.29, 1.82) is 0 Å². The third kappa shape index (κ3) is 4.85. The molecule has 2 aromatic carbocycles. The van der Waals surface area contributed by atoms with Crippen molar-refractivity contribution in [3.8, 4) is 11.5 Å². The molecule has 1 fully saturated rings. The van der Waals surface area contributed by atoms with Gasteiger partial charge < -0.3 is 19.7 Å².